The number of fused-ring (bicyclic) bond motifs is 1. The summed E-state index contributed by atoms with van der Waals surface area (Å²) >= 11 is 0. The number of hydrogen-bond acceptors (Lipinski definition) is 3. The topological polar surface area (TPSA) is 54.5 Å². The van der Waals surface area contributed by atoms with Crippen LogP contribution in [-0.4, -0.2) is 20.2 Å². The predicted molar refractivity (Wildman–Crippen MR) is 71.2 cm³/mol. The van der Waals surface area contributed by atoms with Crippen LogP contribution in [0.5, 0.6) is 0 Å². The Morgan fingerprint density at radius 3 is 2.56 bits per heavy atom. The van der Waals surface area contributed by atoms with Crippen LogP contribution in [0, 0.1) is 0 Å². The van der Waals surface area contributed by atoms with Crippen LogP contribution >= 0.6 is 0 Å². The van der Waals surface area contributed by atoms with Crippen LogP contribution in [0.1, 0.15) is 25.5 Å². The first kappa shape index (κ1) is 10.9. The van der Waals surface area contributed by atoms with Gasteiger partial charge in [0.05, 0.1) is 11.1 Å². The minimum atomic E-state index is 0.364. The van der Waals surface area contributed by atoms with Gasteiger partial charge in [0.1, 0.15) is 0 Å². The average Bonchev–Trinajstić information content (AvgIpc) is 2.83. The summed E-state index contributed by atoms with van der Waals surface area (Å²) in [6, 6.07) is 6.04. The van der Waals surface area contributed by atoms with Crippen molar-refractivity contribution in [2.24, 2.45) is 0 Å². The van der Waals surface area contributed by atoms with Gasteiger partial charge in [0.15, 0.2) is 5.65 Å². The van der Waals surface area contributed by atoms with E-state index in [1.165, 1.54) is 0 Å². The fourth-order valence-corrected chi connectivity index (χ4v) is 2.16. The summed E-state index contributed by atoms with van der Waals surface area (Å²) in [5, 5.41) is 8.49. The normalized spacial score (nSPS) is 11.3. The lowest BCUT2D eigenvalue weighted by Gasteiger charge is -2.06. The van der Waals surface area contributed by atoms with Crippen molar-refractivity contribution < 1.29 is 0 Å². The third-order valence-corrected chi connectivity index (χ3v) is 3.03. The quantitative estimate of drug-likeness (QED) is 0.746. The zero-order valence-electron chi connectivity index (χ0n) is 10.4. The van der Waals surface area contributed by atoms with E-state index in [4.69, 9.17) is 0 Å². The Bertz CT molecular complexity index is 671. The number of pyridine rings is 2. The molecule has 0 radical (unpaired) electrons. The molecule has 3 aromatic rings. The number of aromatic nitrogens is 4. The van der Waals surface area contributed by atoms with Crippen molar-refractivity contribution in [3.63, 3.8) is 0 Å². The molecule has 0 bridgehead atoms. The van der Waals surface area contributed by atoms with Gasteiger partial charge in [0, 0.05) is 18.6 Å². The van der Waals surface area contributed by atoms with Crippen molar-refractivity contribution >= 4 is 11.0 Å². The van der Waals surface area contributed by atoms with E-state index in [2.05, 4.69) is 34.0 Å². The average molecular weight is 238 g/mol. The Hall–Kier alpha value is -2.23. The van der Waals surface area contributed by atoms with Gasteiger partial charge >= 0.3 is 0 Å². The molecular weight excluding hydrogens is 224 g/mol. The molecule has 1 N–H and O–H groups in total. The van der Waals surface area contributed by atoms with Gasteiger partial charge in [-0.05, 0) is 35.2 Å². The van der Waals surface area contributed by atoms with Crippen LogP contribution in [0.4, 0.5) is 0 Å². The van der Waals surface area contributed by atoms with Gasteiger partial charge in [-0.3, -0.25) is 10.1 Å². The van der Waals surface area contributed by atoms with Crippen molar-refractivity contribution in [3.05, 3.63) is 42.5 Å². The number of hydrogen-bond donors (Lipinski definition) is 1. The lowest BCUT2D eigenvalue weighted by atomic mass is 9.99. The molecule has 0 saturated carbocycles. The molecule has 0 aromatic carbocycles. The third kappa shape index (κ3) is 1.66. The van der Waals surface area contributed by atoms with Crippen molar-refractivity contribution in [1.82, 2.24) is 20.2 Å². The van der Waals surface area contributed by atoms with E-state index < -0.39 is 0 Å². The SMILES string of the molecule is CC(C)c1n[nH]c2nccc(-c3ccncc3)c12. The van der Waals surface area contributed by atoms with Crippen LogP contribution in [0.15, 0.2) is 36.8 Å². The monoisotopic (exact) mass is 238 g/mol. The van der Waals surface area contributed by atoms with Crippen molar-refractivity contribution in [3.8, 4) is 11.1 Å². The fraction of sp³-hybridized carbons (Fsp3) is 0.214. The molecule has 0 spiro atoms. The van der Waals surface area contributed by atoms with Crippen LogP contribution < -0.4 is 0 Å². The largest absolute Gasteiger partial charge is 0.265 e. The van der Waals surface area contributed by atoms with E-state index >= 15 is 0 Å². The van der Waals surface area contributed by atoms with Crippen LogP contribution in [0.2, 0.25) is 0 Å². The van der Waals surface area contributed by atoms with Gasteiger partial charge in [-0.15, -0.1) is 0 Å². The zero-order chi connectivity index (χ0) is 12.5. The standard InChI is InChI=1S/C14H14N4/c1-9(2)13-12-11(10-3-6-15-7-4-10)5-8-16-14(12)18-17-13/h3-9H,1-2H3,(H,16,17,18). The van der Waals surface area contributed by atoms with Crippen LogP contribution in [-0.2, 0) is 0 Å². The number of aromatic amines is 1. The number of rotatable bonds is 2. The van der Waals surface area contributed by atoms with E-state index in [-0.39, 0.29) is 0 Å². The molecule has 4 heteroatoms. The van der Waals surface area contributed by atoms with E-state index in [0.717, 1.165) is 27.9 Å². The Balaban J connectivity index is 2.32. The molecule has 3 aromatic heterocycles. The van der Waals surface area contributed by atoms with E-state index in [1.54, 1.807) is 18.6 Å². The number of nitrogens with zero attached hydrogens (tertiary/aromatic N) is 3. The Morgan fingerprint density at radius 2 is 1.83 bits per heavy atom. The molecular formula is C14H14N4. The van der Waals surface area contributed by atoms with Crippen molar-refractivity contribution in [2.45, 2.75) is 19.8 Å². The summed E-state index contributed by atoms with van der Waals surface area (Å²) in [5.41, 5.74) is 4.19. The van der Waals surface area contributed by atoms with Gasteiger partial charge in [-0.25, -0.2) is 4.98 Å². The lowest BCUT2D eigenvalue weighted by molar-refractivity contribution is 0.817. The first-order valence-electron chi connectivity index (χ1n) is 6.00. The molecule has 18 heavy (non-hydrogen) atoms. The summed E-state index contributed by atoms with van der Waals surface area (Å²) < 4.78 is 0. The van der Waals surface area contributed by atoms with E-state index in [0.29, 0.717) is 5.92 Å². The molecule has 0 fully saturated rings. The molecule has 0 unspecified atom stereocenters. The van der Waals surface area contributed by atoms with Gasteiger partial charge in [-0.2, -0.15) is 5.10 Å². The smallest absolute Gasteiger partial charge is 0.155 e. The molecule has 0 saturated heterocycles. The molecule has 3 heterocycles. The second-order valence-electron chi connectivity index (χ2n) is 4.58. The molecule has 0 amide bonds. The van der Waals surface area contributed by atoms with Crippen molar-refractivity contribution in [2.75, 3.05) is 0 Å². The minimum absolute atomic E-state index is 0.364. The highest BCUT2D eigenvalue weighted by Crippen LogP contribution is 2.31. The maximum atomic E-state index is 4.38. The molecule has 0 atom stereocenters. The van der Waals surface area contributed by atoms with E-state index in [1.807, 2.05) is 18.2 Å². The molecule has 0 aliphatic rings. The van der Waals surface area contributed by atoms with Gasteiger partial charge in [-0.1, -0.05) is 13.8 Å². The Labute approximate surface area is 105 Å². The van der Waals surface area contributed by atoms with Crippen molar-refractivity contribution in [1.29, 1.82) is 0 Å². The molecule has 4 nitrogen and oxygen atoms in total. The fourth-order valence-electron chi connectivity index (χ4n) is 2.16. The highest BCUT2D eigenvalue weighted by Gasteiger charge is 2.14. The second kappa shape index (κ2) is 4.22. The maximum absolute atomic E-state index is 4.38. The maximum Gasteiger partial charge on any atom is 0.155 e. The predicted octanol–water partition coefficient (Wildman–Crippen LogP) is 3.14. The van der Waals surface area contributed by atoms with Gasteiger partial charge in [0.2, 0.25) is 0 Å². The van der Waals surface area contributed by atoms with E-state index in [9.17, 15) is 0 Å². The minimum Gasteiger partial charge on any atom is -0.265 e. The molecule has 3 rings (SSSR count). The Kier molecular flexibility index (Phi) is 2.55. The highest BCUT2D eigenvalue weighted by molar-refractivity contribution is 5.94. The van der Waals surface area contributed by atoms with Crippen LogP contribution in [0.25, 0.3) is 22.2 Å². The van der Waals surface area contributed by atoms with Gasteiger partial charge in [0.25, 0.3) is 0 Å². The summed E-state index contributed by atoms with van der Waals surface area (Å²) in [6.07, 6.45) is 5.41. The molecule has 0 aliphatic heterocycles. The zero-order valence-corrected chi connectivity index (χ0v) is 10.4. The first-order chi connectivity index (χ1) is 8.77. The van der Waals surface area contributed by atoms with Gasteiger partial charge < -0.3 is 0 Å². The summed E-state index contributed by atoms with van der Waals surface area (Å²) in [4.78, 5) is 8.39. The summed E-state index contributed by atoms with van der Waals surface area (Å²) in [6.45, 7) is 4.28. The first-order valence-corrected chi connectivity index (χ1v) is 6.00. The summed E-state index contributed by atoms with van der Waals surface area (Å²) in [7, 11) is 0. The lowest BCUT2D eigenvalue weighted by Crippen LogP contribution is -1.90. The molecule has 0 aliphatic carbocycles. The number of nitrogens with one attached hydrogen (secondary N) is 1. The number of H-pyrrole nitrogens is 1. The second-order valence-corrected chi connectivity index (χ2v) is 4.58. The summed E-state index contributed by atoms with van der Waals surface area (Å²) in [5.74, 6) is 0.364. The Morgan fingerprint density at radius 1 is 1.06 bits per heavy atom. The highest BCUT2D eigenvalue weighted by atomic mass is 15.1. The van der Waals surface area contributed by atoms with Crippen LogP contribution in [0.3, 0.4) is 0 Å². The third-order valence-electron chi connectivity index (χ3n) is 3.03. The molecule has 90 valence electrons.